The van der Waals surface area contributed by atoms with Crippen LogP contribution in [0.15, 0.2) is 30.3 Å². The lowest BCUT2D eigenvalue weighted by molar-refractivity contribution is -0.152. The zero-order valence-electron chi connectivity index (χ0n) is 22.5. The van der Waals surface area contributed by atoms with Crippen molar-refractivity contribution in [3.63, 3.8) is 0 Å². The first-order valence-corrected chi connectivity index (χ1v) is 12.1. The molecule has 36 heavy (non-hydrogen) atoms. The van der Waals surface area contributed by atoms with Gasteiger partial charge >= 0.3 is 5.97 Å². The van der Waals surface area contributed by atoms with Gasteiger partial charge < -0.3 is 25.2 Å². The van der Waals surface area contributed by atoms with Crippen LogP contribution >= 0.6 is 0 Å². The smallest absolute Gasteiger partial charge is 0.331 e. The van der Waals surface area contributed by atoms with Gasteiger partial charge in [-0.05, 0) is 46.6 Å². The molecule has 0 aliphatic heterocycles. The quantitative estimate of drug-likeness (QED) is 0.394. The normalized spacial score (nSPS) is 11.3. The molecule has 0 atom stereocenters. The number of benzene rings is 1. The van der Waals surface area contributed by atoms with Crippen LogP contribution in [0.2, 0.25) is 0 Å². The van der Waals surface area contributed by atoms with E-state index in [1.807, 2.05) is 37.3 Å². The van der Waals surface area contributed by atoms with Crippen molar-refractivity contribution in [3.8, 4) is 0 Å². The van der Waals surface area contributed by atoms with E-state index in [0.717, 1.165) is 5.56 Å². The van der Waals surface area contributed by atoms with Crippen molar-refractivity contribution in [2.75, 3.05) is 26.2 Å². The molecule has 0 heterocycles. The van der Waals surface area contributed by atoms with Crippen LogP contribution in [0.4, 0.5) is 0 Å². The Morgan fingerprint density at radius 2 is 1.36 bits per heavy atom. The Morgan fingerprint density at radius 3 is 1.86 bits per heavy atom. The molecule has 1 aromatic rings. The minimum atomic E-state index is -1.33. The largest absolute Gasteiger partial charge is 0.464 e. The van der Waals surface area contributed by atoms with Crippen LogP contribution in [-0.4, -0.2) is 76.7 Å². The summed E-state index contributed by atoms with van der Waals surface area (Å²) in [6, 6.07) is 9.28. The van der Waals surface area contributed by atoms with E-state index >= 15 is 0 Å². The van der Waals surface area contributed by atoms with Gasteiger partial charge in [0.15, 0.2) is 0 Å². The summed E-state index contributed by atoms with van der Waals surface area (Å²) in [7, 11) is 0. The van der Waals surface area contributed by atoms with Crippen molar-refractivity contribution in [2.45, 2.75) is 72.5 Å². The van der Waals surface area contributed by atoms with Crippen LogP contribution in [0.25, 0.3) is 0 Å². The van der Waals surface area contributed by atoms with E-state index in [4.69, 9.17) is 4.74 Å². The van der Waals surface area contributed by atoms with E-state index in [9.17, 15) is 24.0 Å². The second-order valence-electron chi connectivity index (χ2n) is 9.65. The Bertz CT molecular complexity index is 930. The predicted octanol–water partition coefficient (Wildman–Crippen LogP) is 1.63. The van der Waals surface area contributed by atoms with Crippen molar-refractivity contribution in [1.82, 2.24) is 20.4 Å². The summed E-state index contributed by atoms with van der Waals surface area (Å²) < 4.78 is 4.98. The molecule has 0 aliphatic rings. The van der Waals surface area contributed by atoms with Crippen LogP contribution in [-0.2, 0) is 35.3 Å². The first-order valence-electron chi connectivity index (χ1n) is 12.1. The van der Waals surface area contributed by atoms with Crippen LogP contribution in [0.3, 0.4) is 0 Å². The molecule has 0 bridgehead atoms. The molecule has 0 aliphatic carbocycles. The number of nitrogens with zero attached hydrogens (tertiary/aromatic N) is 2. The molecule has 0 aromatic heterocycles. The highest BCUT2D eigenvalue weighted by molar-refractivity contribution is 5.95. The molecule has 10 nitrogen and oxygen atoms in total. The molecule has 2 N–H and O–H groups in total. The molecule has 1 rings (SSSR count). The Labute approximate surface area is 213 Å². The lowest BCUT2D eigenvalue weighted by Crippen LogP contribution is -2.60. The topological polar surface area (TPSA) is 125 Å². The first-order chi connectivity index (χ1) is 16.7. The third-order valence-corrected chi connectivity index (χ3v) is 5.34. The molecule has 0 saturated carbocycles. The van der Waals surface area contributed by atoms with Gasteiger partial charge in [-0.25, -0.2) is 4.79 Å². The molecule has 4 amide bonds. The minimum Gasteiger partial charge on any atom is -0.464 e. The van der Waals surface area contributed by atoms with E-state index < -0.39 is 34.8 Å². The van der Waals surface area contributed by atoms with E-state index in [2.05, 4.69) is 10.6 Å². The molecule has 1 aromatic carbocycles. The highest BCUT2D eigenvalue weighted by Crippen LogP contribution is 2.12. The Balaban J connectivity index is 2.86. The summed E-state index contributed by atoms with van der Waals surface area (Å²) in [6.45, 7) is 11.3. The van der Waals surface area contributed by atoms with E-state index in [0.29, 0.717) is 6.42 Å². The summed E-state index contributed by atoms with van der Waals surface area (Å²) in [5.41, 5.74) is -1.72. The molecule has 200 valence electrons. The fourth-order valence-electron chi connectivity index (χ4n) is 3.54. The number of esters is 1. The lowest BCUT2D eigenvalue weighted by atomic mass is 10.0. The summed E-state index contributed by atoms with van der Waals surface area (Å²) in [5, 5.41) is 5.29. The van der Waals surface area contributed by atoms with Crippen molar-refractivity contribution >= 4 is 29.6 Å². The average molecular weight is 505 g/mol. The fourth-order valence-corrected chi connectivity index (χ4v) is 3.54. The van der Waals surface area contributed by atoms with Gasteiger partial charge in [-0.2, -0.15) is 0 Å². The van der Waals surface area contributed by atoms with E-state index in [-0.39, 0.29) is 38.7 Å². The third-order valence-electron chi connectivity index (χ3n) is 5.34. The number of hydrogen-bond donors (Lipinski definition) is 2. The second-order valence-corrected chi connectivity index (χ2v) is 9.65. The highest BCUT2D eigenvalue weighted by atomic mass is 16.5. The molecule has 0 radical (unpaired) electrons. The Morgan fingerprint density at radius 1 is 0.833 bits per heavy atom. The standard InChI is InChI=1S/C26H40N4O6/c1-8-15-29(17-21(32)28-26(6,7)24(35)36-9-2)23(34)25(4,5)27-22(33)18-30(19(3)31)16-20-13-11-10-12-14-20/h10-14H,8-9,15-18H2,1-7H3,(H,27,33)(H,28,32). The maximum Gasteiger partial charge on any atom is 0.331 e. The minimum absolute atomic E-state index is 0.179. The van der Waals surface area contributed by atoms with Gasteiger partial charge in [-0.3, -0.25) is 19.2 Å². The Kier molecular flexibility index (Phi) is 11.6. The first kappa shape index (κ1) is 30.6. The third kappa shape index (κ3) is 9.67. The van der Waals surface area contributed by atoms with Gasteiger partial charge in [0.05, 0.1) is 19.7 Å². The molecule has 10 heteroatoms. The monoisotopic (exact) mass is 504 g/mol. The number of ether oxygens (including phenoxy) is 1. The highest BCUT2D eigenvalue weighted by Gasteiger charge is 2.36. The summed E-state index contributed by atoms with van der Waals surface area (Å²) in [4.78, 5) is 65.6. The Hall–Kier alpha value is -3.43. The second kappa shape index (κ2) is 13.6. The number of hydrogen-bond acceptors (Lipinski definition) is 6. The number of carbonyl (C=O) groups excluding carboxylic acids is 5. The van der Waals surface area contributed by atoms with Crippen LogP contribution in [0.1, 0.15) is 60.5 Å². The maximum absolute atomic E-state index is 13.3. The van der Waals surface area contributed by atoms with E-state index in [1.54, 1.807) is 20.8 Å². The molecular formula is C26H40N4O6. The van der Waals surface area contributed by atoms with Gasteiger partial charge in [-0.1, -0.05) is 37.3 Å². The van der Waals surface area contributed by atoms with E-state index in [1.165, 1.54) is 30.6 Å². The van der Waals surface area contributed by atoms with Crippen molar-refractivity contribution in [2.24, 2.45) is 0 Å². The van der Waals surface area contributed by atoms with Gasteiger partial charge in [0.2, 0.25) is 23.6 Å². The SMILES string of the molecule is CCCN(CC(=O)NC(C)(C)C(=O)OCC)C(=O)C(C)(C)NC(=O)CN(Cc1ccccc1)C(C)=O. The zero-order chi connectivity index (χ0) is 27.5. The van der Waals surface area contributed by atoms with Crippen molar-refractivity contribution in [1.29, 1.82) is 0 Å². The van der Waals surface area contributed by atoms with Crippen molar-refractivity contribution in [3.05, 3.63) is 35.9 Å². The molecule has 0 unspecified atom stereocenters. The van der Waals surface area contributed by atoms with Gasteiger partial charge in [0.1, 0.15) is 11.1 Å². The molecular weight excluding hydrogens is 464 g/mol. The van der Waals surface area contributed by atoms with Crippen LogP contribution < -0.4 is 10.6 Å². The fraction of sp³-hybridized carbons (Fsp3) is 0.577. The zero-order valence-corrected chi connectivity index (χ0v) is 22.5. The van der Waals surface area contributed by atoms with Crippen LogP contribution in [0.5, 0.6) is 0 Å². The summed E-state index contributed by atoms with van der Waals surface area (Å²) in [5.74, 6) is -2.33. The molecule has 0 fully saturated rings. The number of amides is 4. The predicted molar refractivity (Wildman–Crippen MR) is 135 cm³/mol. The number of rotatable bonds is 13. The van der Waals surface area contributed by atoms with Gasteiger partial charge in [-0.15, -0.1) is 0 Å². The van der Waals surface area contributed by atoms with Gasteiger partial charge in [0.25, 0.3) is 0 Å². The van der Waals surface area contributed by atoms with Crippen LogP contribution in [0, 0.1) is 0 Å². The summed E-state index contributed by atoms with van der Waals surface area (Å²) in [6.07, 6.45) is 0.583. The maximum atomic E-state index is 13.3. The molecule has 0 saturated heterocycles. The molecule has 0 spiro atoms. The van der Waals surface area contributed by atoms with Gasteiger partial charge in [0, 0.05) is 20.0 Å². The number of nitrogens with one attached hydrogen (secondary N) is 2. The lowest BCUT2D eigenvalue weighted by Gasteiger charge is -2.33. The van der Waals surface area contributed by atoms with Crippen molar-refractivity contribution < 1.29 is 28.7 Å². The average Bonchev–Trinajstić information content (AvgIpc) is 2.77. The summed E-state index contributed by atoms with van der Waals surface area (Å²) >= 11 is 0. The number of carbonyl (C=O) groups is 5.